The Labute approximate surface area is 134 Å². The number of methoxy groups -OCH3 is 1. The first-order chi connectivity index (χ1) is 9.71. The molecule has 21 heavy (non-hydrogen) atoms. The van der Waals surface area contributed by atoms with Gasteiger partial charge in [0.15, 0.2) is 0 Å². The van der Waals surface area contributed by atoms with E-state index >= 15 is 0 Å². The molecule has 0 aliphatic heterocycles. The zero-order valence-electron chi connectivity index (χ0n) is 13.2. The largest absolute Gasteiger partial charge is 0.497 e. The highest BCUT2D eigenvalue weighted by molar-refractivity contribution is 5.85. The highest BCUT2D eigenvalue weighted by Gasteiger charge is 2.45. The van der Waals surface area contributed by atoms with Gasteiger partial charge in [-0.25, -0.2) is 0 Å². The molecule has 0 spiro atoms. The number of rotatable bonds is 2. The molecule has 1 saturated carbocycles. The van der Waals surface area contributed by atoms with Crippen LogP contribution in [-0.4, -0.2) is 13.2 Å². The van der Waals surface area contributed by atoms with E-state index in [-0.39, 0.29) is 17.8 Å². The number of halogens is 1. The van der Waals surface area contributed by atoms with Crippen molar-refractivity contribution in [3.05, 3.63) is 29.3 Å². The van der Waals surface area contributed by atoms with Crippen LogP contribution in [0, 0.1) is 5.92 Å². The molecule has 2 N–H and O–H groups in total. The average Bonchev–Trinajstić information content (AvgIpc) is 2.48. The Kier molecular flexibility index (Phi) is 5.21. The van der Waals surface area contributed by atoms with Crippen molar-refractivity contribution >= 4 is 12.4 Å². The van der Waals surface area contributed by atoms with Crippen molar-refractivity contribution in [1.82, 2.24) is 0 Å². The summed E-state index contributed by atoms with van der Waals surface area (Å²) in [6, 6.07) is 6.96. The molecule has 1 aromatic carbocycles. The van der Waals surface area contributed by atoms with Crippen LogP contribution in [0.2, 0.25) is 0 Å². The van der Waals surface area contributed by atoms with Gasteiger partial charge in [0.25, 0.3) is 0 Å². The van der Waals surface area contributed by atoms with Gasteiger partial charge in [-0.05, 0) is 54.9 Å². The first kappa shape index (κ1) is 16.6. The lowest BCUT2D eigenvalue weighted by atomic mass is 9.58. The minimum Gasteiger partial charge on any atom is -0.497 e. The van der Waals surface area contributed by atoms with E-state index in [1.54, 1.807) is 7.11 Å². The van der Waals surface area contributed by atoms with Crippen LogP contribution in [0.4, 0.5) is 0 Å². The van der Waals surface area contributed by atoms with Crippen LogP contribution < -0.4 is 10.5 Å². The van der Waals surface area contributed by atoms with Crippen molar-refractivity contribution in [3.63, 3.8) is 0 Å². The quantitative estimate of drug-likeness (QED) is 0.887. The summed E-state index contributed by atoms with van der Waals surface area (Å²) in [5, 5.41) is 0. The Balaban J connectivity index is 0.00000161. The average molecular weight is 310 g/mol. The van der Waals surface area contributed by atoms with Gasteiger partial charge < -0.3 is 10.5 Å². The molecule has 0 radical (unpaired) electrons. The van der Waals surface area contributed by atoms with E-state index < -0.39 is 0 Å². The molecular formula is C18H28ClNO. The number of ether oxygens (including phenoxy) is 1. The summed E-state index contributed by atoms with van der Waals surface area (Å²) in [5.74, 6) is 1.64. The SMILES string of the molecule is CC[C@@]12CCCCCC(Cc3ccc(OC)cc31)[C@@H]2N.Cl. The summed E-state index contributed by atoms with van der Waals surface area (Å²) in [6.07, 6.45) is 8.86. The Morgan fingerprint density at radius 2 is 2.10 bits per heavy atom. The Hall–Kier alpha value is -0.730. The van der Waals surface area contributed by atoms with Gasteiger partial charge in [-0.3, -0.25) is 0 Å². The molecule has 0 aromatic heterocycles. The molecule has 1 aromatic rings. The molecule has 3 rings (SSSR count). The lowest BCUT2D eigenvalue weighted by Gasteiger charge is -2.49. The fraction of sp³-hybridized carbons (Fsp3) is 0.667. The Morgan fingerprint density at radius 1 is 1.29 bits per heavy atom. The molecule has 3 atom stereocenters. The third kappa shape index (κ3) is 2.68. The van der Waals surface area contributed by atoms with E-state index in [1.807, 2.05) is 0 Å². The van der Waals surface area contributed by atoms with Crippen molar-refractivity contribution in [3.8, 4) is 5.75 Å². The topological polar surface area (TPSA) is 35.2 Å². The maximum absolute atomic E-state index is 6.76. The minimum atomic E-state index is 0. The van der Waals surface area contributed by atoms with Gasteiger partial charge in [-0.1, -0.05) is 32.3 Å². The van der Waals surface area contributed by atoms with Crippen LogP contribution in [-0.2, 0) is 11.8 Å². The van der Waals surface area contributed by atoms with E-state index in [0.717, 1.165) is 18.6 Å². The highest BCUT2D eigenvalue weighted by atomic mass is 35.5. The molecule has 1 unspecified atom stereocenters. The lowest BCUT2D eigenvalue weighted by Crippen LogP contribution is -2.54. The Morgan fingerprint density at radius 3 is 2.81 bits per heavy atom. The lowest BCUT2D eigenvalue weighted by molar-refractivity contribution is 0.179. The van der Waals surface area contributed by atoms with E-state index in [0.29, 0.717) is 12.0 Å². The normalized spacial score (nSPS) is 31.4. The second kappa shape index (κ2) is 6.58. The van der Waals surface area contributed by atoms with Crippen molar-refractivity contribution in [2.24, 2.45) is 11.7 Å². The van der Waals surface area contributed by atoms with Crippen molar-refractivity contribution in [2.75, 3.05) is 7.11 Å². The van der Waals surface area contributed by atoms with Gasteiger partial charge in [0.05, 0.1) is 7.11 Å². The number of fused-ring (bicyclic) bond motifs is 4. The van der Waals surface area contributed by atoms with E-state index in [1.165, 1.54) is 43.2 Å². The summed E-state index contributed by atoms with van der Waals surface area (Å²) in [4.78, 5) is 0. The molecule has 0 heterocycles. The van der Waals surface area contributed by atoms with E-state index in [2.05, 4.69) is 25.1 Å². The van der Waals surface area contributed by atoms with Crippen LogP contribution in [0.3, 0.4) is 0 Å². The van der Waals surface area contributed by atoms with Gasteiger partial charge in [0.1, 0.15) is 5.75 Å². The maximum atomic E-state index is 6.76. The zero-order chi connectivity index (χ0) is 14.2. The second-order valence-electron chi connectivity index (χ2n) is 6.62. The molecule has 118 valence electrons. The molecule has 2 bridgehead atoms. The van der Waals surface area contributed by atoms with Gasteiger partial charge in [0, 0.05) is 11.5 Å². The van der Waals surface area contributed by atoms with Crippen LogP contribution in [0.25, 0.3) is 0 Å². The van der Waals surface area contributed by atoms with Crippen LogP contribution in [0.5, 0.6) is 5.75 Å². The number of benzene rings is 1. The molecule has 2 aliphatic carbocycles. The van der Waals surface area contributed by atoms with Crippen molar-refractivity contribution in [1.29, 1.82) is 0 Å². The van der Waals surface area contributed by atoms with Gasteiger partial charge >= 0.3 is 0 Å². The molecule has 2 aliphatic rings. The maximum Gasteiger partial charge on any atom is 0.119 e. The fourth-order valence-electron chi connectivity index (χ4n) is 4.57. The monoisotopic (exact) mass is 309 g/mol. The number of hydrogen-bond acceptors (Lipinski definition) is 2. The van der Waals surface area contributed by atoms with Gasteiger partial charge in [-0.15, -0.1) is 12.4 Å². The zero-order valence-corrected chi connectivity index (χ0v) is 14.0. The first-order valence-electron chi connectivity index (χ1n) is 8.14. The predicted octanol–water partition coefficient (Wildman–Crippen LogP) is 4.23. The second-order valence-corrected chi connectivity index (χ2v) is 6.62. The van der Waals surface area contributed by atoms with Crippen LogP contribution in [0.1, 0.15) is 56.6 Å². The number of hydrogen-bond donors (Lipinski definition) is 1. The first-order valence-corrected chi connectivity index (χ1v) is 8.14. The highest BCUT2D eigenvalue weighted by Crippen LogP contribution is 2.48. The number of nitrogens with two attached hydrogens (primary N) is 1. The minimum absolute atomic E-state index is 0. The fourth-order valence-corrected chi connectivity index (χ4v) is 4.57. The predicted molar refractivity (Wildman–Crippen MR) is 90.5 cm³/mol. The molecule has 3 heteroatoms. The molecule has 0 saturated heterocycles. The van der Waals surface area contributed by atoms with Crippen LogP contribution >= 0.6 is 12.4 Å². The van der Waals surface area contributed by atoms with E-state index in [4.69, 9.17) is 10.5 Å². The van der Waals surface area contributed by atoms with Gasteiger partial charge in [0.2, 0.25) is 0 Å². The van der Waals surface area contributed by atoms with Crippen LogP contribution in [0.15, 0.2) is 18.2 Å². The molecule has 2 nitrogen and oxygen atoms in total. The summed E-state index contributed by atoms with van der Waals surface area (Å²) >= 11 is 0. The van der Waals surface area contributed by atoms with Crippen molar-refractivity contribution < 1.29 is 4.74 Å². The van der Waals surface area contributed by atoms with E-state index in [9.17, 15) is 0 Å². The summed E-state index contributed by atoms with van der Waals surface area (Å²) in [7, 11) is 1.75. The smallest absolute Gasteiger partial charge is 0.119 e. The third-order valence-electron chi connectivity index (χ3n) is 5.81. The standard InChI is InChI=1S/C18H27NO.ClH/c1-3-18-10-6-4-5-7-14(17(18)19)11-13-8-9-15(20-2)12-16(13)18;/h8-9,12,14,17H,3-7,10-11,19H2,1-2H3;1H/t14?,17-,18+;/m0./s1. The summed E-state index contributed by atoms with van der Waals surface area (Å²) in [5.41, 5.74) is 9.93. The molecular weight excluding hydrogens is 282 g/mol. The molecule has 1 fully saturated rings. The summed E-state index contributed by atoms with van der Waals surface area (Å²) < 4.78 is 5.46. The Bertz CT molecular complexity index is 490. The van der Waals surface area contributed by atoms with Crippen molar-refractivity contribution in [2.45, 2.75) is 63.3 Å². The molecule has 0 amide bonds. The third-order valence-corrected chi connectivity index (χ3v) is 5.81. The summed E-state index contributed by atoms with van der Waals surface area (Å²) in [6.45, 7) is 2.31. The van der Waals surface area contributed by atoms with Gasteiger partial charge in [-0.2, -0.15) is 0 Å².